The first-order chi connectivity index (χ1) is 14.2. The largest absolute Gasteiger partial charge is 0.400 e. The van der Waals surface area contributed by atoms with Crippen molar-refractivity contribution in [1.82, 2.24) is 0 Å². The van der Waals surface area contributed by atoms with E-state index >= 15 is 0 Å². The van der Waals surface area contributed by atoms with Crippen LogP contribution in [0.4, 0.5) is 5.69 Å². The van der Waals surface area contributed by atoms with Crippen LogP contribution in [0.15, 0.2) is 77.4 Å². The van der Waals surface area contributed by atoms with E-state index in [1.54, 1.807) is 32.9 Å². The predicted molar refractivity (Wildman–Crippen MR) is 126 cm³/mol. The summed E-state index contributed by atoms with van der Waals surface area (Å²) in [5, 5.41) is 10.8. The van der Waals surface area contributed by atoms with E-state index in [0.717, 1.165) is 15.3 Å². The van der Waals surface area contributed by atoms with Crippen molar-refractivity contribution in [3.05, 3.63) is 87.9 Å². The Kier molecular flexibility index (Phi) is 6.56. The first kappa shape index (κ1) is 22.0. The molecular weight excluding hydrogens is 416 g/mol. The molecule has 0 fully saturated rings. The summed E-state index contributed by atoms with van der Waals surface area (Å²) < 4.78 is 0. The number of carbonyl (C=O) groups excluding carboxylic acids is 1. The molecule has 0 unspecified atom stereocenters. The Morgan fingerprint density at radius 1 is 1.10 bits per heavy atom. The summed E-state index contributed by atoms with van der Waals surface area (Å²) in [7, 11) is 0. The number of thiophene rings is 1. The number of allylic oxidation sites excluding steroid dienone is 1. The van der Waals surface area contributed by atoms with Crippen LogP contribution in [-0.2, 0) is 0 Å². The number of hydrogen-bond acceptors (Lipinski definition) is 5. The van der Waals surface area contributed by atoms with E-state index in [9.17, 15) is 9.90 Å². The highest BCUT2D eigenvalue weighted by molar-refractivity contribution is 7.17. The number of rotatable bonds is 6. The van der Waals surface area contributed by atoms with Gasteiger partial charge < -0.3 is 10.8 Å². The molecule has 0 saturated carbocycles. The zero-order valence-corrected chi connectivity index (χ0v) is 18.6. The summed E-state index contributed by atoms with van der Waals surface area (Å²) in [4.78, 5) is 18.5. The van der Waals surface area contributed by atoms with Crippen LogP contribution < -0.4 is 5.73 Å². The van der Waals surface area contributed by atoms with Crippen LogP contribution in [-0.4, -0.2) is 22.2 Å². The lowest BCUT2D eigenvalue weighted by Crippen LogP contribution is -2.28. The van der Waals surface area contributed by atoms with Gasteiger partial charge in [-0.3, -0.25) is 4.79 Å². The van der Waals surface area contributed by atoms with Gasteiger partial charge in [0.1, 0.15) is 0 Å². The second-order valence-corrected chi connectivity index (χ2v) is 8.86. The Morgan fingerprint density at radius 2 is 1.77 bits per heavy atom. The molecule has 0 radical (unpaired) electrons. The van der Waals surface area contributed by atoms with Crippen LogP contribution in [0.1, 0.15) is 36.0 Å². The molecule has 2 aromatic carbocycles. The summed E-state index contributed by atoms with van der Waals surface area (Å²) in [5.41, 5.74) is 7.94. The number of aliphatic hydroxyl groups is 1. The average Bonchev–Trinajstić information content (AvgIpc) is 3.18. The van der Waals surface area contributed by atoms with Gasteiger partial charge >= 0.3 is 0 Å². The molecule has 0 saturated heterocycles. The smallest absolute Gasteiger partial charge is 0.160 e. The van der Waals surface area contributed by atoms with E-state index in [2.05, 4.69) is 0 Å². The fourth-order valence-electron chi connectivity index (χ4n) is 2.78. The zero-order chi connectivity index (χ0) is 21.9. The standard InChI is InChI=1S/C24H23ClN2O2S/c1-15(28)16-8-4-5-9-17(16)21-12-13-22(30-21)20(14-23(26)24(2,3)29)27-19-11-7-6-10-18(19)25/h4-14,29H,26H2,1-3H3/b23-14-,27-20?. The third-order valence-corrected chi connectivity index (χ3v) is 5.98. The van der Waals surface area contributed by atoms with E-state index in [1.165, 1.54) is 11.3 Å². The summed E-state index contributed by atoms with van der Waals surface area (Å²) in [6, 6.07) is 18.7. The molecule has 3 rings (SSSR count). The van der Waals surface area contributed by atoms with Crippen molar-refractivity contribution in [1.29, 1.82) is 0 Å². The molecule has 3 aromatic rings. The van der Waals surface area contributed by atoms with Gasteiger partial charge in [0.2, 0.25) is 0 Å². The van der Waals surface area contributed by atoms with Crippen LogP contribution in [0, 0.1) is 0 Å². The number of benzene rings is 2. The minimum absolute atomic E-state index is 0.0108. The van der Waals surface area contributed by atoms with Crippen molar-refractivity contribution in [3.63, 3.8) is 0 Å². The lowest BCUT2D eigenvalue weighted by molar-refractivity contribution is 0.101. The van der Waals surface area contributed by atoms with Crippen LogP contribution >= 0.6 is 22.9 Å². The normalized spacial score (nSPS) is 12.8. The Bertz CT molecular complexity index is 1140. The number of ketones is 1. The lowest BCUT2D eigenvalue weighted by Gasteiger charge is -2.18. The summed E-state index contributed by atoms with van der Waals surface area (Å²) in [6.07, 6.45) is 1.66. The molecule has 6 heteroatoms. The molecule has 0 amide bonds. The van der Waals surface area contributed by atoms with Crippen molar-refractivity contribution < 1.29 is 9.90 Å². The number of aliphatic imine (C=N–C) groups is 1. The van der Waals surface area contributed by atoms with Crippen molar-refractivity contribution in [2.75, 3.05) is 0 Å². The second kappa shape index (κ2) is 8.96. The van der Waals surface area contributed by atoms with E-state index in [1.807, 2.05) is 54.6 Å². The van der Waals surface area contributed by atoms with Gasteiger partial charge in [-0.05, 0) is 51.1 Å². The first-order valence-electron chi connectivity index (χ1n) is 9.40. The third-order valence-electron chi connectivity index (χ3n) is 4.52. The van der Waals surface area contributed by atoms with Gasteiger partial charge in [0.15, 0.2) is 5.78 Å². The predicted octanol–water partition coefficient (Wildman–Crippen LogP) is 6.01. The molecular formula is C24H23ClN2O2S. The van der Waals surface area contributed by atoms with Crippen molar-refractivity contribution in [2.45, 2.75) is 26.4 Å². The molecule has 1 heterocycles. The van der Waals surface area contributed by atoms with Crippen LogP contribution in [0.2, 0.25) is 5.02 Å². The zero-order valence-electron chi connectivity index (χ0n) is 17.0. The highest BCUT2D eigenvalue weighted by Crippen LogP contribution is 2.33. The molecule has 0 aliphatic carbocycles. The number of Topliss-reactive ketones (excluding diaryl/α,β-unsaturated/α-hetero) is 1. The van der Waals surface area contributed by atoms with E-state index in [-0.39, 0.29) is 11.5 Å². The van der Waals surface area contributed by atoms with Gasteiger partial charge in [0.25, 0.3) is 0 Å². The monoisotopic (exact) mass is 438 g/mol. The molecule has 154 valence electrons. The van der Waals surface area contributed by atoms with E-state index < -0.39 is 5.60 Å². The number of nitrogens with two attached hydrogens (primary N) is 1. The molecule has 0 aliphatic heterocycles. The molecule has 4 nitrogen and oxygen atoms in total. The molecule has 30 heavy (non-hydrogen) atoms. The van der Waals surface area contributed by atoms with Crippen LogP contribution in [0.3, 0.4) is 0 Å². The van der Waals surface area contributed by atoms with Crippen molar-refractivity contribution in [3.8, 4) is 10.4 Å². The second-order valence-electron chi connectivity index (χ2n) is 7.37. The van der Waals surface area contributed by atoms with E-state index in [4.69, 9.17) is 22.3 Å². The lowest BCUT2D eigenvalue weighted by atomic mass is 10.0. The van der Waals surface area contributed by atoms with Gasteiger partial charge in [0, 0.05) is 21.7 Å². The SMILES string of the molecule is CC(=O)c1ccccc1-c1ccc(C(/C=C(\N)C(C)(C)O)=Nc2ccccc2Cl)s1. The summed E-state index contributed by atoms with van der Waals surface area (Å²) in [6.45, 7) is 4.80. The van der Waals surface area contributed by atoms with Crippen molar-refractivity contribution >= 4 is 40.1 Å². The molecule has 0 spiro atoms. The highest BCUT2D eigenvalue weighted by Gasteiger charge is 2.19. The highest BCUT2D eigenvalue weighted by atomic mass is 35.5. The number of para-hydroxylation sites is 1. The molecule has 1 aromatic heterocycles. The van der Waals surface area contributed by atoms with E-state index in [0.29, 0.717) is 22.0 Å². The Hall–Kier alpha value is -2.73. The summed E-state index contributed by atoms with van der Waals surface area (Å²) >= 11 is 7.79. The quantitative estimate of drug-likeness (QED) is 0.365. The number of hydrogen-bond donors (Lipinski definition) is 2. The number of halogens is 1. The minimum atomic E-state index is -1.19. The van der Waals surface area contributed by atoms with Crippen molar-refractivity contribution in [2.24, 2.45) is 10.7 Å². The summed E-state index contributed by atoms with van der Waals surface area (Å²) in [5.74, 6) is 0.0108. The Labute approximate surface area is 185 Å². The first-order valence-corrected chi connectivity index (χ1v) is 10.6. The number of carbonyl (C=O) groups is 1. The van der Waals surface area contributed by atoms with Gasteiger partial charge in [-0.1, -0.05) is 48.0 Å². The molecule has 0 bridgehead atoms. The van der Waals surface area contributed by atoms with Gasteiger partial charge in [-0.15, -0.1) is 11.3 Å². The van der Waals surface area contributed by atoms with Gasteiger partial charge in [-0.25, -0.2) is 4.99 Å². The maximum absolute atomic E-state index is 12.0. The Morgan fingerprint density at radius 3 is 2.43 bits per heavy atom. The van der Waals surface area contributed by atoms with Crippen LogP contribution in [0.5, 0.6) is 0 Å². The number of nitrogens with zero attached hydrogens (tertiary/aromatic N) is 1. The van der Waals surface area contributed by atoms with Gasteiger partial charge in [0.05, 0.1) is 26.9 Å². The Balaban J connectivity index is 2.13. The fraction of sp³-hybridized carbons (Fsp3) is 0.167. The third kappa shape index (κ3) is 5.05. The molecule has 3 N–H and O–H groups in total. The fourth-order valence-corrected chi connectivity index (χ4v) is 3.96. The van der Waals surface area contributed by atoms with Crippen LogP contribution in [0.25, 0.3) is 10.4 Å². The maximum Gasteiger partial charge on any atom is 0.160 e. The topological polar surface area (TPSA) is 75.7 Å². The minimum Gasteiger partial charge on any atom is -0.400 e. The molecule has 0 aliphatic rings. The van der Waals surface area contributed by atoms with Gasteiger partial charge in [-0.2, -0.15) is 0 Å². The average molecular weight is 439 g/mol. The maximum atomic E-state index is 12.0. The molecule has 0 atom stereocenters.